The van der Waals surface area contributed by atoms with E-state index in [-0.39, 0.29) is 6.04 Å². The van der Waals surface area contributed by atoms with Crippen LogP contribution < -0.4 is 5.32 Å². The van der Waals surface area contributed by atoms with Gasteiger partial charge in [0, 0.05) is 19.2 Å². The highest BCUT2D eigenvalue weighted by molar-refractivity contribution is 5.20. The second-order valence-electron chi connectivity index (χ2n) is 5.14. The second-order valence-corrected chi connectivity index (χ2v) is 5.14. The van der Waals surface area contributed by atoms with Gasteiger partial charge in [-0.1, -0.05) is 19.9 Å². The predicted molar refractivity (Wildman–Crippen MR) is 73.0 cm³/mol. The molecule has 1 aromatic rings. The van der Waals surface area contributed by atoms with E-state index >= 15 is 0 Å². The van der Waals surface area contributed by atoms with Gasteiger partial charge in [-0.2, -0.15) is 0 Å². The third-order valence-corrected chi connectivity index (χ3v) is 2.98. The topological polar surface area (TPSA) is 21.3 Å². The van der Waals surface area contributed by atoms with Gasteiger partial charge in [0.2, 0.25) is 0 Å². The zero-order valence-electron chi connectivity index (χ0n) is 11.9. The third kappa shape index (κ3) is 6.12. The Bertz CT molecular complexity index is 382. The largest absolute Gasteiger partial charge is 0.380 e. The lowest BCUT2D eigenvalue weighted by atomic mass is 10.1. The van der Waals surface area contributed by atoms with Crippen molar-refractivity contribution in [1.82, 2.24) is 5.32 Å². The number of rotatable bonds is 8. The number of nitrogens with one attached hydrogen (secondary N) is 1. The van der Waals surface area contributed by atoms with E-state index in [1.165, 1.54) is 6.07 Å². The summed E-state index contributed by atoms with van der Waals surface area (Å²) in [6.07, 6.45) is 1.05. The highest BCUT2D eigenvalue weighted by Gasteiger charge is 2.08. The molecule has 4 heteroatoms. The molecule has 108 valence electrons. The van der Waals surface area contributed by atoms with Gasteiger partial charge in [-0.25, -0.2) is 8.78 Å². The summed E-state index contributed by atoms with van der Waals surface area (Å²) in [6, 6.07) is 3.95. The normalized spacial score (nSPS) is 12.9. The Hall–Kier alpha value is -1.00. The number of hydrogen-bond acceptors (Lipinski definition) is 2. The molecular formula is C15H23F2NO. The van der Waals surface area contributed by atoms with Gasteiger partial charge >= 0.3 is 0 Å². The molecule has 0 amide bonds. The molecule has 2 nitrogen and oxygen atoms in total. The zero-order valence-corrected chi connectivity index (χ0v) is 11.9. The summed E-state index contributed by atoms with van der Waals surface area (Å²) in [7, 11) is 0. The van der Waals surface area contributed by atoms with Crippen LogP contribution >= 0.6 is 0 Å². The summed E-state index contributed by atoms with van der Waals surface area (Å²) in [5.74, 6) is -0.971. The van der Waals surface area contributed by atoms with Crippen LogP contribution in [-0.4, -0.2) is 19.8 Å². The van der Waals surface area contributed by atoms with Crippen molar-refractivity contribution in [2.75, 3.05) is 19.8 Å². The lowest BCUT2D eigenvalue weighted by molar-refractivity contribution is 0.123. The average molecular weight is 271 g/mol. The fraction of sp³-hybridized carbons (Fsp3) is 0.600. The fourth-order valence-corrected chi connectivity index (χ4v) is 1.67. The van der Waals surface area contributed by atoms with Crippen LogP contribution in [-0.2, 0) is 4.74 Å². The standard InChI is InChI=1S/C15H23F2NO/c1-11(2)6-8-19-9-7-18-12(3)13-4-5-14(16)15(17)10-13/h4-5,10-12,18H,6-9H2,1-3H3. The van der Waals surface area contributed by atoms with Gasteiger partial charge in [0.25, 0.3) is 0 Å². The zero-order chi connectivity index (χ0) is 14.3. The van der Waals surface area contributed by atoms with Gasteiger partial charge in [-0.15, -0.1) is 0 Å². The summed E-state index contributed by atoms with van der Waals surface area (Å²) in [4.78, 5) is 0. The molecular weight excluding hydrogens is 248 g/mol. The summed E-state index contributed by atoms with van der Waals surface area (Å²) in [6.45, 7) is 8.32. The lowest BCUT2D eigenvalue weighted by Gasteiger charge is -2.14. The van der Waals surface area contributed by atoms with Crippen LogP contribution in [0.15, 0.2) is 18.2 Å². The lowest BCUT2D eigenvalue weighted by Crippen LogP contribution is -2.23. The van der Waals surface area contributed by atoms with Crippen LogP contribution in [0.3, 0.4) is 0 Å². The fourth-order valence-electron chi connectivity index (χ4n) is 1.67. The smallest absolute Gasteiger partial charge is 0.159 e. The van der Waals surface area contributed by atoms with Crippen molar-refractivity contribution in [1.29, 1.82) is 0 Å². The van der Waals surface area contributed by atoms with Crippen LogP contribution in [0.4, 0.5) is 8.78 Å². The molecule has 0 radical (unpaired) electrons. The molecule has 1 N–H and O–H groups in total. The predicted octanol–water partition coefficient (Wildman–Crippen LogP) is 3.68. The maximum atomic E-state index is 13.1. The van der Waals surface area contributed by atoms with Crippen molar-refractivity contribution in [3.8, 4) is 0 Å². The third-order valence-electron chi connectivity index (χ3n) is 2.98. The van der Waals surface area contributed by atoms with Gasteiger partial charge in [0.1, 0.15) is 0 Å². The molecule has 0 aliphatic rings. The molecule has 0 spiro atoms. The van der Waals surface area contributed by atoms with Crippen LogP contribution in [0.5, 0.6) is 0 Å². The van der Waals surface area contributed by atoms with E-state index in [1.807, 2.05) is 6.92 Å². The molecule has 0 aliphatic heterocycles. The molecule has 0 saturated carbocycles. The quantitative estimate of drug-likeness (QED) is 0.728. The highest BCUT2D eigenvalue weighted by atomic mass is 19.2. The van der Waals surface area contributed by atoms with Crippen LogP contribution in [0.1, 0.15) is 38.8 Å². The molecule has 0 bridgehead atoms. The van der Waals surface area contributed by atoms with E-state index in [9.17, 15) is 8.78 Å². The molecule has 19 heavy (non-hydrogen) atoms. The van der Waals surface area contributed by atoms with Crippen molar-refractivity contribution >= 4 is 0 Å². The van der Waals surface area contributed by atoms with Crippen LogP contribution in [0.25, 0.3) is 0 Å². The van der Waals surface area contributed by atoms with Crippen molar-refractivity contribution in [2.45, 2.75) is 33.2 Å². The Balaban J connectivity index is 2.23. The number of ether oxygens (including phenoxy) is 1. The van der Waals surface area contributed by atoms with Gasteiger partial charge < -0.3 is 10.1 Å². The molecule has 1 rings (SSSR count). The Morgan fingerprint density at radius 3 is 2.47 bits per heavy atom. The summed E-state index contributed by atoms with van der Waals surface area (Å²) >= 11 is 0. The van der Waals surface area contributed by atoms with E-state index in [1.54, 1.807) is 6.07 Å². The molecule has 1 aromatic carbocycles. The molecule has 0 fully saturated rings. The molecule has 0 aromatic heterocycles. The summed E-state index contributed by atoms with van der Waals surface area (Å²) in [5.41, 5.74) is 0.737. The monoisotopic (exact) mass is 271 g/mol. The van der Waals surface area contributed by atoms with Crippen molar-refractivity contribution in [2.24, 2.45) is 5.92 Å². The average Bonchev–Trinajstić information content (AvgIpc) is 2.36. The van der Waals surface area contributed by atoms with E-state index in [0.717, 1.165) is 24.7 Å². The number of benzene rings is 1. The molecule has 0 saturated heterocycles. The first kappa shape index (κ1) is 16.1. The van der Waals surface area contributed by atoms with Gasteiger partial charge in [-0.05, 0) is 37.0 Å². The van der Waals surface area contributed by atoms with E-state index in [0.29, 0.717) is 19.1 Å². The maximum Gasteiger partial charge on any atom is 0.159 e. The molecule has 0 aliphatic carbocycles. The molecule has 1 unspecified atom stereocenters. The van der Waals surface area contributed by atoms with Crippen molar-refractivity contribution in [3.63, 3.8) is 0 Å². The van der Waals surface area contributed by atoms with E-state index in [4.69, 9.17) is 4.74 Å². The van der Waals surface area contributed by atoms with E-state index < -0.39 is 11.6 Å². The first-order chi connectivity index (χ1) is 9.00. The summed E-state index contributed by atoms with van der Waals surface area (Å²) in [5, 5.41) is 3.22. The maximum absolute atomic E-state index is 13.1. The van der Waals surface area contributed by atoms with Crippen LogP contribution in [0, 0.1) is 17.6 Å². The van der Waals surface area contributed by atoms with Gasteiger partial charge in [0.05, 0.1) is 6.61 Å². The minimum atomic E-state index is -0.812. The molecule has 0 heterocycles. The SMILES string of the molecule is CC(C)CCOCCNC(C)c1ccc(F)c(F)c1. The van der Waals surface area contributed by atoms with Crippen molar-refractivity contribution < 1.29 is 13.5 Å². The minimum absolute atomic E-state index is 0.0243. The number of halogens is 2. The first-order valence-electron chi connectivity index (χ1n) is 6.76. The Morgan fingerprint density at radius 1 is 1.11 bits per heavy atom. The Morgan fingerprint density at radius 2 is 1.84 bits per heavy atom. The molecule has 1 atom stereocenters. The van der Waals surface area contributed by atoms with Crippen molar-refractivity contribution in [3.05, 3.63) is 35.4 Å². The minimum Gasteiger partial charge on any atom is -0.380 e. The van der Waals surface area contributed by atoms with E-state index in [2.05, 4.69) is 19.2 Å². The second kappa shape index (κ2) is 8.23. The Labute approximate surface area is 114 Å². The highest BCUT2D eigenvalue weighted by Crippen LogP contribution is 2.15. The van der Waals surface area contributed by atoms with Gasteiger partial charge in [-0.3, -0.25) is 0 Å². The Kier molecular flexibility index (Phi) is 6.95. The number of hydrogen-bond donors (Lipinski definition) is 1. The first-order valence-corrected chi connectivity index (χ1v) is 6.76. The van der Waals surface area contributed by atoms with Gasteiger partial charge in [0.15, 0.2) is 11.6 Å². The van der Waals surface area contributed by atoms with Crippen LogP contribution in [0.2, 0.25) is 0 Å². The summed E-state index contributed by atoms with van der Waals surface area (Å²) < 4.78 is 31.4.